The van der Waals surface area contributed by atoms with Gasteiger partial charge in [0.2, 0.25) is 11.8 Å². The van der Waals surface area contributed by atoms with Crippen LogP contribution in [0, 0.1) is 0 Å². The van der Waals surface area contributed by atoms with E-state index in [0.29, 0.717) is 11.8 Å². The molecule has 0 amide bonds. The van der Waals surface area contributed by atoms with Crippen molar-refractivity contribution in [3.05, 3.63) is 29.2 Å². The molecule has 5 heteroatoms. The number of oxazole rings is 1. The number of nitrogens with zero attached hydrogens (tertiary/aromatic N) is 2. The maximum absolute atomic E-state index is 5.14. The molecule has 0 saturated carbocycles. The van der Waals surface area contributed by atoms with E-state index in [9.17, 15) is 0 Å². The number of halogens is 1. The summed E-state index contributed by atoms with van der Waals surface area (Å²) in [4.78, 5) is 8.10. The van der Waals surface area contributed by atoms with Crippen molar-refractivity contribution in [2.24, 2.45) is 0 Å². The third kappa shape index (κ3) is 1.63. The molecule has 0 aliphatic carbocycles. The molecule has 2 aromatic heterocycles. The quantitative estimate of drug-likeness (QED) is 0.827. The predicted molar refractivity (Wildman–Crippen MR) is 54.0 cm³/mol. The zero-order valence-corrected chi connectivity index (χ0v) is 8.98. The fourth-order valence-corrected chi connectivity index (χ4v) is 1.57. The van der Waals surface area contributed by atoms with Crippen LogP contribution < -0.4 is 4.74 Å². The maximum atomic E-state index is 5.14. The highest BCUT2D eigenvalue weighted by atomic mass is 79.9. The minimum atomic E-state index is 0.542. The molecule has 0 radical (unpaired) electrons. The number of pyridine rings is 1. The van der Waals surface area contributed by atoms with Crippen LogP contribution in [0.1, 0.15) is 0 Å². The summed E-state index contributed by atoms with van der Waals surface area (Å²) in [5.74, 6) is 1.08. The molecule has 72 valence electrons. The fraction of sp³-hybridized carbons (Fsp3) is 0.111. The SMILES string of the molecule is COc1ncc(-c2ncco2)cc1Br. The summed E-state index contributed by atoms with van der Waals surface area (Å²) < 4.78 is 10.9. The Bertz CT molecular complexity index is 428. The van der Waals surface area contributed by atoms with Crippen LogP contribution in [0.5, 0.6) is 5.88 Å². The Balaban J connectivity index is 2.43. The van der Waals surface area contributed by atoms with Crippen LogP contribution in [0.3, 0.4) is 0 Å². The van der Waals surface area contributed by atoms with Gasteiger partial charge >= 0.3 is 0 Å². The van der Waals surface area contributed by atoms with Crippen molar-refractivity contribution < 1.29 is 9.15 Å². The van der Waals surface area contributed by atoms with Gasteiger partial charge in [-0.15, -0.1) is 0 Å². The normalized spacial score (nSPS) is 10.1. The summed E-state index contributed by atoms with van der Waals surface area (Å²) in [6.45, 7) is 0. The van der Waals surface area contributed by atoms with Crippen molar-refractivity contribution in [3.63, 3.8) is 0 Å². The van der Waals surface area contributed by atoms with E-state index < -0.39 is 0 Å². The van der Waals surface area contributed by atoms with Gasteiger partial charge in [0.1, 0.15) is 6.26 Å². The molecule has 0 aliphatic heterocycles. The second-order valence-corrected chi connectivity index (χ2v) is 3.41. The predicted octanol–water partition coefficient (Wildman–Crippen LogP) is 2.51. The van der Waals surface area contributed by atoms with Crippen molar-refractivity contribution in [2.75, 3.05) is 7.11 Å². The summed E-state index contributed by atoms with van der Waals surface area (Å²) in [6, 6.07) is 1.84. The zero-order valence-electron chi connectivity index (χ0n) is 7.40. The molecule has 2 aromatic rings. The zero-order chi connectivity index (χ0) is 9.97. The number of methoxy groups -OCH3 is 1. The smallest absolute Gasteiger partial charge is 0.227 e. The van der Waals surface area contributed by atoms with Crippen molar-refractivity contribution in [1.29, 1.82) is 0 Å². The minimum Gasteiger partial charge on any atom is -0.480 e. The lowest BCUT2D eigenvalue weighted by atomic mass is 10.3. The highest BCUT2D eigenvalue weighted by Crippen LogP contribution is 2.26. The van der Waals surface area contributed by atoms with E-state index in [0.717, 1.165) is 10.0 Å². The van der Waals surface area contributed by atoms with Crippen LogP contribution in [0.15, 0.2) is 33.6 Å². The molecule has 2 heterocycles. The molecule has 4 nitrogen and oxygen atoms in total. The highest BCUT2D eigenvalue weighted by molar-refractivity contribution is 9.10. The van der Waals surface area contributed by atoms with E-state index in [1.807, 2.05) is 6.07 Å². The number of rotatable bonds is 2. The maximum Gasteiger partial charge on any atom is 0.227 e. The van der Waals surface area contributed by atoms with Gasteiger partial charge in [0.25, 0.3) is 0 Å². The number of hydrogen-bond acceptors (Lipinski definition) is 4. The summed E-state index contributed by atoms with van der Waals surface area (Å²) >= 11 is 3.34. The van der Waals surface area contributed by atoms with Gasteiger partial charge in [0.05, 0.1) is 23.3 Å². The van der Waals surface area contributed by atoms with E-state index in [-0.39, 0.29) is 0 Å². The second kappa shape index (κ2) is 3.79. The topological polar surface area (TPSA) is 48.2 Å². The lowest BCUT2D eigenvalue weighted by Crippen LogP contribution is -1.89. The van der Waals surface area contributed by atoms with Gasteiger partial charge in [-0.3, -0.25) is 0 Å². The lowest BCUT2D eigenvalue weighted by molar-refractivity contribution is 0.395. The molecule has 0 aromatic carbocycles. The Labute approximate surface area is 89.1 Å². The summed E-state index contributed by atoms with van der Waals surface area (Å²) in [7, 11) is 1.57. The first-order valence-corrected chi connectivity index (χ1v) is 4.70. The van der Waals surface area contributed by atoms with Gasteiger partial charge < -0.3 is 9.15 Å². The molecule has 0 atom stereocenters. The number of aromatic nitrogens is 2. The summed E-state index contributed by atoms with van der Waals surface area (Å²) in [5.41, 5.74) is 0.808. The third-order valence-corrected chi connectivity index (χ3v) is 2.25. The summed E-state index contributed by atoms with van der Waals surface area (Å²) in [6.07, 6.45) is 4.76. The standard InChI is InChI=1S/C9H7BrN2O2/c1-13-9-7(10)4-6(5-12-9)8-11-2-3-14-8/h2-5H,1H3. The van der Waals surface area contributed by atoms with Crippen LogP contribution in [-0.2, 0) is 0 Å². The van der Waals surface area contributed by atoms with E-state index in [2.05, 4.69) is 25.9 Å². The van der Waals surface area contributed by atoms with Gasteiger partial charge in [-0.05, 0) is 22.0 Å². The molecule has 0 fully saturated rings. The molecule has 0 unspecified atom stereocenters. The Morgan fingerprint density at radius 2 is 2.29 bits per heavy atom. The Hall–Kier alpha value is -1.36. The Morgan fingerprint density at radius 3 is 2.86 bits per heavy atom. The molecule has 0 N–H and O–H groups in total. The largest absolute Gasteiger partial charge is 0.480 e. The van der Waals surface area contributed by atoms with Crippen LogP contribution in [-0.4, -0.2) is 17.1 Å². The van der Waals surface area contributed by atoms with Gasteiger partial charge in [-0.1, -0.05) is 0 Å². The third-order valence-electron chi connectivity index (χ3n) is 1.68. The number of ether oxygens (including phenoxy) is 1. The number of hydrogen-bond donors (Lipinski definition) is 0. The monoisotopic (exact) mass is 254 g/mol. The molecule has 14 heavy (non-hydrogen) atoms. The molecular formula is C9H7BrN2O2. The van der Waals surface area contributed by atoms with E-state index >= 15 is 0 Å². The second-order valence-electron chi connectivity index (χ2n) is 2.55. The van der Waals surface area contributed by atoms with Gasteiger partial charge in [-0.2, -0.15) is 0 Å². The lowest BCUT2D eigenvalue weighted by Gasteiger charge is -2.02. The van der Waals surface area contributed by atoms with Crippen molar-refractivity contribution >= 4 is 15.9 Å². The van der Waals surface area contributed by atoms with Gasteiger partial charge in [0.15, 0.2) is 0 Å². The van der Waals surface area contributed by atoms with Crippen molar-refractivity contribution in [1.82, 2.24) is 9.97 Å². The molecule has 0 saturated heterocycles. The van der Waals surface area contributed by atoms with E-state index in [4.69, 9.17) is 9.15 Å². The van der Waals surface area contributed by atoms with Crippen LogP contribution in [0.4, 0.5) is 0 Å². The average Bonchev–Trinajstić information content (AvgIpc) is 2.70. The fourth-order valence-electron chi connectivity index (χ4n) is 1.06. The summed E-state index contributed by atoms with van der Waals surface area (Å²) in [5, 5.41) is 0. The minimum absolute atomic E-state index is 0.542. The van der Waals surface area contributed by atoms with Crippen molar-refractivity contribution in [3.8, 4) is 17.3 Å². The van der Waals surface area contributed by atoms with E-state index in [1.54, 1.807) is 19.5 Å². The van der Waals surface area contributed by atoms with Crippen LogP contribution in [0.25, 0.3) is 11.5 Å². The van der Waals surface area contributed by atoms with Gasteiger partial charge in [-0.25, -0.2) is 9.97 Å². The first-order valence-electron chi connectivity index (χ1n) is 3.90. The highest BCUT2D eigenvalue weighted by Gasteiger charge is 2.07. The Kier molecular flexibility index (Phi) is 2.49. The first-order chi connectivity index (χ1) is 6.81. The molecule has 0 bridgehead atoms. The van der Waals surface area contributed by atoms with Crippen LogP contribution >= 0.6 is 15.9 Å². The molecular weight excluding hydrogens is 248 g/mol. The molecule has 0 aliphatic rings. The van der Waals surface area contributed by atoms with Crippen LogP contribution in [0.2, 0.25) is 0 Å². The average molecular weight is 255 g/mol. The Morgan fingerprint density at radius 1 is 1.43 bits per heavy atom. The van der Waals surface area contributed by atoms with E-state index in [1.165, 1.54) is 6.26 Å². The molecule has 2 rings (SSSR count). The van der Waals surface area contributed by atoms with Crippen molar-refractivity contribution in [2.45, 2.75) is 0 Å². The molecule has 0 spiro atoms. The van der Waals surface area contributed by atoms with Gasteiger partial charge in [0, 0.05) is 6.20 Å². The first kappa shape index (κ1) is 9.21.